The van der Waals surface area contributed by atoms with Crippen molar-refractivity contribution in [2.24, 2.45) is 17.8 Å². The van der Waals surface area contributed by atoms with Crippen molar-refractivity contribution in [1.29, 1.82) is 0 Å². The second-order valence-corrected chi connectivity index (χ2v) is 6.82. The standard InChI is InChI=1S/C18H31NO4/c1-4-22-18-14(8-7-11-20)15(13(2)3)12-16(23-18)17(21)19-9-5-6-10-19/h12-15,18,20H,4-11H2,1-3H3/t14-,15+,18+/m0/s1. The van der Waals surface area contributed by atoms with Crippen LogP contribution in [0.4, 0.5) is 0 Å². The van der Waals surface area contributed by atoms with Gasteiger partial charge in [0.25, 0.3) is 5.91 Å². The van der Waals surface area contributed by atoms with Gasteiger partial charge < -0.3 is 19.5 Å². The molecule has 1 saturated heterocycles. The summed E-state index contributed by atoms with van der Waals surface area (Å²) >= 11 is 0. The Hall–Kier alpha value is -1.07. The van der Waals surface area contributed by atoms with Crippen LogP contribution in [0, 0.1) is 17.8 Å². The Kier molecular flexibility index (Phi) is 6.90. The van der Waals surface area contributed by atoms with E-state index in [4.69, 9.17) is 14.6 Å². The van der Waals surface area contributed by atoms with Gasteiger partial charge in [-0.05, 0) is 50.5 Å². The summed E-state index contributed by atoms with van der Waals surface area (Å²) in [5.74, 6) is 1.25. The van der Waals surface area contributed by atoms with Crippen molar-refractivity contribution in [3.05, 3.63) is 11.8 Å². The first-order valence-corrected chi connectivity index (χ1v) is 8.98. The molecular formula is C18H31NO4. The van der Waals surface area contributed by atoms with Crippen LogP contribution >= 0.6 is 0 Å². The predicted octanol–water partition coefficient (Wildman–Crippen LogP) is 2.55. The highest BCUT2D eigenvalue weighted by Crippen LogP contribution is 2.37. The van der Waals surface area contributed by atoms with E-state index >= 15 is 0 Å². The fraction of sp³-hybridized carbons (Fsp3) is 0.833. The summed E-state index contributed by atoms with van der Waals surface area (Å²) in [5.41, 5.74) is 0. The van der Waals surface area contributed by atoms with Gasteiger partial charge in [-0.3, -0.25) is 4.79 Å². The molecule has 3 atom stereocenters. The number of aliphatic hydroxyl groups is 1. The summed E-state index contributed by atoms with van der Waals surface area (Å²) in [7, 11) is 0. The molecular weight excluding hydrogens is 294 g/mol. The molecule has 0 radical (unpaired) electrons. The molecule has 5 nitrogen and oxygen atoms in total. The van der Waals surface area contributed by atoms with E-state index in [9.17, 15) is 4.79 Å². The number of hydrogen-bond acceptors (Lipinski definition) is 4. The van der Waals surface area contributed by atoms with E-state index in [-0.39, 0.29) is 24.3 Å². The molecule has 1 amide bonds. The quantitative estimate of drug-likeness (QED) is 0.781. The fourth-order valence-corrected chi connectivity index (χ4v) is 3.59. The molecule has 1 N–H and O–H groups in total. The zero-order valence-electron chi connectivity index (χ0n) is 14.7. The number of allylic oxidation sites excluding steroid dienone is 1. The van der Waals surface area contributed by atoms with Crippen molar-refractivity contribution < 1.29 is 19.4 Å². The minimum absolute atomic E-state index is 0.00142. The first-order chi connectivity index (χ1) is 11.1. The molecule has 0 aromatic heterocycles. The molecule has 2 aliphatic rings. The smallest absolute Gasteiger partial charge is 0.288 e. The lowest BCUT2D eigenvalue weighted by Gasteiger charge is -2.39. The van der Waals surface area contributed by atoms with E-state index in [0.29, 0.717) is 18.3 Å². The molecule has 0 spiro atoms. The zero-order chi connectivity index (χ0) is 16.8. The number of aliphatic hydroxyl groups excluding tert-OH is 1. The van der Waals surface area contributed by atoms with Crippen LogP contribution in [-0.2, 0) is 14.3 Å². The lowest BCUT2D eigenvalue weighted by Crippen LogP contribution is -2.41. The summed E-state index contributed by atoms with van der Waals surface area (Å²) in [6, 6.07) is 0. The van der Waals surface area contributed by atoms with Crippen LogP contribution in [0.1, 0.15) is 46.5 Å². The van der Waals surface area contributed by atoms with Gasteiger partial charge in [0, 0.05) is 32.2 Å². The number of hydrogen-bond donors (Lipinski definition) is 1. The van der Waals surface area contributed by atoms with E-state index in [1.807, 2.05) is 17.9 Å². The summed E-state index contributed by atoms with van der Waals surface area (Å²) in [5, 5.41) is 9.16. The monoisotopic (exact) mass is 325 g/mol. The lowest BCUT2D eigenvalue weighted by molar-refractivity contribution is -0.178. The Bertz CT molecular complexity index is 415. The predicted molar refractivity (Wildman–Crippen MR) is 88.5 cm³/mol. The van der Waals surface area contributed by atoms with Crippen molar-refractivity contribution in [2.45, 2.75) is 52.7 Å². The van der Waals surface area contributed by atoms with Gasteiger partial charge in [0.1, 0.15) is 0 Å². The highest BCUT2D eigenvalue weighted by atomic mass is 16.7. The van der Waals surface area contributed by atoms with Crippen molar-refractivity contribution in [3.63, 3.8) is 0 Å². The third kappa shape index (κ3) is 4.48. The number of carbonyl (C=O) groups excluding carboxylic acids is 1. The van der Waals surface area contributed by atoms with Gasteiger partial charge in [0.05, 0.1) is 0 Å². The van der Waals surface area contributed by atoms with Gasteiger partial charge in [-0.1, -0.05) is 13.8 Å². The minimum atomic E-state index is -0.398. The van der Waals surface area contributed by atoms with Gasteiger partial charge in [0.15, 0.2) is 5.76 Å². The van der Waals surface area contributed by atoms with Gasteiger partial charge in [-0.2, -0.15) is 0 Å². The summed E-state index contributed by atoms with van der Waals surface area (Å²) in [4.78, 5) is 14.6. The maximum atomic E-state index is 12.7. The normalized spacial score (nSPS) is 28.0. The number of likely N-dealkylation sites (tertiary alicyclic amines) is 1. The number of ether oxygens (including phenoxy) is 2. The van der Waals surface area contributed by atoms with Crippen LogP contribution < -0.4 is 0 Å². The minimum Gasteiger partial charge on any atom is -0.459 e. The maximum Gasteiger partial charge on any atom is 0.288 e. The highest BCUT2D eigenvalue weighted by Gasteiger charge is 2.39. The van der Waals surface area contributed by atoms with Crippen LogP contribution in [0.25, 0.3) is 0 Å². The van der Waals surface area contributed by atoms with Gasteiger partial charge in [-0.25, -0.2) is 0 Å². The number of rotatable bonds is 7. The van der Waals surface area contributed by atoms with Crippen molar-refractivity contribution in [2.75, 3.05) is 26.3 Å². The molecule has 0 bridgehead atoms. The number of carbonyl (C=O) groups is 1. The lowest BCUT2D eigenvalue weighted by atomic mass is 9.78. The van der Waals surface area contributed by atoms with Crippen LogP contribution in [0.2, 0.25) is 0 Å². The first kappa shape index (κ1) is 18.3. The summed E-state index contributed by atoms with van der Waals surface area (Å²) < 4.78 is 11.8. The van der Waals surface area contributed by atoms with Crippen LogP contribution in [0.5, 0.6) is 0 Å². The molecule has 0 saturated carbocycles. The molecule has 0 aromatic rings. The third-order valence-electron chi connectivity index (χ3n) is 4.83. The van der Waals surface area contributed by atoms with Crippen LogP contribution in [0.15, 0.2) is 11.8 Å². The van der Waals surface area contributed by atoms with Crippen LogP contribution in [0.3, 0.4) is 0 Å². The Labute approximate surface area is 139 Å². The summed E-state index contributed by atoms with van der Waals surface area (Å²) in [6.45, 7) is 8.63. The van der Waals surface area contributed by atoms with Crippen molar-refractivity contribution in [3.8, 4) is 0 Å². The second kappa shape index (κ2) is 8.69. The van der Waals surface area contributed by atoms with E-state index in [0.717, 1.165) is 38.8 Å². The molecule has 2 aliphatic heterocycles. The molecule has 5 heteroatoms. The molecule has 2 rings (SSSR count). The van der Waals surface area contributed by atoms with Crippen molar-refractivity contribution >= 4 is 5.91 Å². The average molecular weight is 325 g/mol. The van der Waals surface area contributed by atoms with Gasteiger partial charge in [-0.15, -0.1) is 0 Å². The van der Waals surface area contributed by atoms with Crippen molar-refractivity contribution in [1.82, 2.24) is 4.90 Å². The average Bonchev–Trinajstić information content (AvgIpc) is 3.06. The highest BCUT2D eigenvalue weighted by molar-refractivity contribution is 5.91. The molecule has 0 unspecified atom stereocenters. The second-order valence-electron chi connectivity index (χ2n) is 6.82. The molecule has 23 heavy (non-hydrogen) atoms. The van der Waals surface area contributed by atoms with E-state index < -0.39 is 6.29 Å². The zero-order valence-corrected chi connectivity index (χ0v) is 14.7. The third-order valence-corrected chi connectivity index (χ3v) is 4.83. The fourth-order valence-electron chi connectivity index (χ4n) is 3.59. The van der Waals surface area contributed by atoms with Gasteiger partial charge >= 0.3 is 0 Å². The molecule has 2 heterocycles. The van der Waals surface area contributed by atoms with E-state index in [1.54, 1.807) is 0 Å². The topological polar surface area (TPSA) is 59.0 Å². The Morgan fingerprint density at radius 1 is 1.43 bits per heavy atom. The largest absolute Gasteiger partial charge is 0.459 e. The maximum absolute atomic E-state index is 12.7. The van der Waals surface area contributed by atoms with E-state index in [2.05, 4.69) is 13.8 Å². The molecule has 1 fully saturated rings. The molecule has 0 aromatic carbocycles. The molecule has 0 aliphatic carbocycles. The Morgan fingerprint density at radius 3 is 2.70 bits per heavy atom. The Balaban J connectivity index is 2.20. The first-order valence-electron chi connectivity index (χ1n) is 8.98. The SMILES string of the molecule is CCO[C@@H]1OC(C(=O)N2CCCC2)=C[C@H](C(C)C)[C@@H]1CCCO. The van der Waals surface area contributed by atoms with Gasteiger partial charge in [0.2, 0.25) is 6.29 Å². The number of amides is 1. The Morgan fingerprint density at radius 2 is 2.13 bits per heavy atom. The molecule has 132 valence electrons. The number of nitrogens with zero attached hydrogens (tertiary/aromatic N) is 1. The van der Waals surface area contributed by atoms with E-state index in [1.165, 1.54) is 0 Å². The van der Waals surface area contributed by atoms with Crippen LogP contribution in [-0.4, -0.2) is 48.5 Å². The summed E-state index contributed by atoms with van der Waals surface area (Å²) in [6.07, 6.45) is 5.31.